The average molecular weight is 783 g/mol. The zero-order chi connectivity index (χ0) is 40.0. The zero-order valence-corrected chi connectivity index (χ0v) is 33.6. The molecule has 10 rings (SSSR count). The number of aliphatic imine (C=N–C) groups is 2. The Balaban J connectivity index is 0.000000150. The lowest BCUT2D eigenvalue weighted by Crippen LogP contribution is -2.42. The minimum absolute atomic E-state index is 0.187. The number of hydrogen-bond acceptors (Lipinski definition) is 14. The van der Waals surface area contributed by atoms with Crippen molar-refractivity contribution in [3.63, 3.8) is 0 Å². The normalized spacial score (nSPS) is 21.6. The smallest absolute Gasteiger partial charge is 0.166 e. The van der Waals surface area contributed by atoms with Gasteiger partial charge in [0.2, 0.25) is 0 Å². The number of piperidine rings is 2. The SMILES string of the molecule is CC1(CN)CCN(c2cnc3c(n2)CN=C3N2CCC(=O)c3ccccc32)CC1.CC1(CN)CCN(c2cnc3c(n2)CN=C3N2CCC(O)c3ccccc32)CC1. The van der Waals surface area contributed by atoms with Crippen LogP contribution in [0.15, 0.2) is 70.9 Å². The van der Waals surface area contributed by atoms with Gasteiger partial charge in [-0.25, -0.2) is 19.9 Å². The number of nitrogens with two attached hydrogens (primary N) is 2. The molecule has 1 unspecified atom stereocenters. The quantitative estimate of drug-likeness (QED) is 0.262. The number of para-hydroxylation sites is 2. The Labute approximate surface area is 340 Å². The van der Waals surface area contributed by atoms with Crippen molar-refractivity contribution in [1.82, 2.24) is 19.9 Å². The van der Waals surface area contributed by atoms with Gasteiger partial charge in [0.15, 0.2) is 17.5 Å². The topological polar surface area (TPSA) is 179 Å². The van der Waals surface area contributed by atoms with E-state index in [1.807, 2.05) is 60.9 Å². The first-order chi connectivity index (χ1) is 28.2. The number of aliphatic hydroxyl groups excluding tert-OH is 1. The highest BCUT2D eigenvalue weighted by Crippen LogP contribution is 2.37. The van der Waals surface area contributed by atoms with E-state index in [1.54, 1.807) is 0 Å². The fourth-order valence-corrected chi connectivity index (χ4v) is 8.96. The molecule has 0 radical (unpaired) electrons. The molecular formula is C44H54N12O2. The number of amidine groups is 2. The van der Waals surface area contributed by atoms with Crippen LogP contribution in [0.5, 0.6) is 0 Å². The van der Waals surface area contributed by atoms with Crippen molar-refractivity contribution in [2.75, 3.05) is 72.0 Å². The van der Waals surface area contributed by atoms with Crippen LogP contribution in [0.1, 0.15) is 97.2 Å². The van der Waals surface area contributed by atoms with E-state index in [1.165, 1.54) is 0 Å². The third kappa shape index (κ3) is 7.11. The number of aromatic nitrogens is 4. The van der Waals surface area contributed by atoms with Crippen LogP contribution >= 0.6 is 0 Å². The van der Waals surface area contributed by atoms with E-state index in [4.69, 9.17) is 41.4 Å². The number of hydrogen-bond donors (Lipinski definition) is 3. The summed E-state index contributed by atoms with van der Waals surface area (Å²) in [5, 5.41) is 10.3. The monoisotopic (exact) mass is 782 g/mol. The van der Waals surface area contributed by atoms with Crippen molar-refractivity contribution >= 4 is 40.5 Å². The lowest BCUT2D eigenvalue weighted by Gasteiger charge is -2.39. The largest absolute Gasteiger partial charge is 0.388 e. The predicted octanol–water partition coefficient (Wildman–Crippen LogP) is 4.64. The number of Topliss-reactive ketones (excluding diaryl/α,β-unsaturated/α-hetero) is 1. The van der Waals surface area contributed by atoms with E-state index in [0.29, 0.717) is 32.5 Å². The second kappa shape index (κ2) is 15.5. The molecule has 2 aromatic heterocycles. The molecule has 2 aromatic carbocycles. The van der Waals surface area contributed by atoms with Crippen molar-refractivity contribution in [1.29, 1.82) is 0 Å². The fourth-order valence-electron chi connectivity index (χ4n) is 8.96. The molecule has 0 spiro atoms. The summed E-state index contributed by atoms with van der Waals surface area (Å²) in [6.45, 7) is 12.3. The molecule has 1 atom stereocenters. The van der Waals surface area contributed by atoms with Crippen LogP contribution < -0.4 is 31.1 Å². The van der Waals surface area contributed by atoms with Crippen LogP contribution in [-0.4, -0.2) is 94.9 Å². The summed E-state index contributed by atoms with van der Waals surface area (Å²) in [5.41, 5.74) is 19.5. The highest BCUT2D eigenvalue weighted by molar-refractivity contribution is 6.16. The number of ketones is 1. The lowest BCUT2D eigenvalue weighted by atomic mass is 9.80. The van der Waals surface area contributed by atoms with Crippen LogP contribution in [0.3, 0.4) is 0 Å². The maximum atomic E-state index is 12.3. The molecule has 58 heavy (non-hydrogen) atoms. The van der Waals surface area contributed by atoms with Crippen molar-refractivity contribution in [3.8, 4) is 0 Å². The summed E-state index contributed by atoms with van der Waals surface area (Å²) in [5.74, 6) is 3.75. The Bertz CT molecular complexity index is 2260. The maximum Gasteiger partial charge on any atom is 0.166 e. The Kier molecular flexibility index (Phi) is 10.2. The van der Waals surface area contributed by atoms with E-state index in [2.05, 4.69) is 33.4 Å². The number of anilines is 4. The van der Waals surface area contributed by atoms with Gasteiger partial charge in [-0.1, -0.05) is 44.2 Å². The molecule has 0 saturated carbocycles. The van der Waals surface area contributed by atoms with Gasteiger partial charge in [0, 0.05) is 62.5 Å². The summed E-state index contributed by atoms with van der Waals surface area (Å²) in [4.78, 5) is 50.0. The van der Waals surface area contributed by atoms with Crippen LogP contribution in [0, 0.1) is 10.8 Å². The van der Waals surface area contributed by atoms with Gasteiger partial charge in [0.05, 0.1) is 48.7 Å². The molecule has 6 aliphatic heterocycles. The molecule has 0 bridgehead atoms. The van der Waals surface area contributed by atoms with Crippen molar-refractivity contribution in [2.45, 2.75) is 71.6 Å². The number of carbonyl (C=O) groups excluding carboxylic acids is 1. The second-order valence-corrected chi connectivity index (χ2v) is 17.2. The summed E-state index contributed by atoms with van der Waals surface area (Å²) >= 11 is 0. The first kappa shape index (κ1) is 38.2. The number of nitrogens with zero attached hydrogens (tertiary/aromatic N) is 10. The number of aliphatic hydroxyl groups is 1. The molecule has 5 N–H and O–H groups in total. The molecule has 14 nitrogen and oxygen atoms in total. The van der Waals surface area contributed by atoms with Gasteiger partial charge in [-0.3, -0.25) is 14.8 Å². The third-order valence-corrected chi connectivity index (χ3v) is 13.2. The number of rotatable bonds is 4. The summed E-state index contributed by atoms with van der Waals surface area (Å²) in [7, 11) is 0. The van der Waals surface area contributed by atoms with Crippen LogP contribution in [0.4, 0.5) is 23.0 Å². The van der Waals surface area contributed by atoms with Gasteiger partial charge >= 0.3 is 0 Å². The van der Waals surface area contributed by atoms with E-state index in [-0.39, 0.29) is 16.6 Å². The van der Waals surface area contributed by atoms with Crippen LogP contribution in [-0.2, 0) is 13.1 Å². The van der Waals surface area contributed by atoms with E-state index < -0.39 is 6.10 Å². The number of fused-ring (bicyclic) bond motifs is 4. The molecule has 302 valence electrons. The highest BCUT2D eigenvalue weighted by atomic mass is 16.3. The Morgan fingerprint density at radius 2 is 1.19 bits per heavy atom. The van der Waals surface area contributed by atoms with E-state index >= 15 is 0 Å². The van der Waals surface area contributed by atoms with Crippen molar-refractivity contribution in [3.05, 3.63) is 94.8 Å². The van der Waals surface area contributed by atoms with Gasteiger partial charge in [-0.15, -0.1) is 0 Å². The molecule has 6 aliphatic rings. The molecule has 14 heteroatoms. The lowest BCUT2D eigenvalue weighted by molar-refractivity contribution is 0.0981. The summed E-state index contributed by atoms with van der Waals surface area (Å²) in [6, 6.07) is 15.7. The van der Waals surface area contributed by atoms with Crippen molar-refractivity contribution < 1.29 is 9.90 Å². The van der Waals surface area contributed by atoms with Gasteiger partial charge in [-0.2, -0.15) is 0 Å². The van der Waals surface area contributed by atoms with E-state index in [0.717, 1.165) is 140 Å². The summed E-state index contributed by atoms with van der Waals surface area (Å²) < 4.78 is 0. The minimum atomic E-state index is -0.421. The maximum absolute atomic E-state index is 12.3. The van der Waals surface area contributed by atoms with Crippen LogP contribution in [0.25, 0.3) is 0 Å². The predicted molar refractivity (Wildman–Crippen MR) is 228 cm³/mol. The average Bonchev–Trinajstić information content (AvgIpc) is 3.89. The molecule has 2 saturated heterocycles. The minimum Gasteiger partial charge on any atom is -0.388 e. The Morgan fingerprint density at radius 3 is 1.74 bits per heavy atom. The highest BCUT2D eigenvalue weighted by Gasteiger charge is 2.35. The third-order valence-electron chi connectivity index (χ3n) is 13.2. The number of benzene rings is 2. The first-order valence-electron chi connectivity index (χ1n) is 20.8. The molecule has 2 fully saturated rings. The van der Waals surface area contributed by atoms with Crippen LogP contribution in [0.2, 0.25) is 0 Å². The van der Waals surface area contributed by atoms with Gasteiger partial charge in [0.1, 0.15) is 23.0 Å². The standard InChI is InChI=1S/C22H28N6O.C22H26N6O/c2*1-22(14-23)7-10-27(11-8-22)19-13-24-20-16(26-19)12-25-21(20)28-9-6-18(29)15-4-2-3-5-17(15)28/h2-5,13,18,29H,6-12,14,23H2,1H3;2-5,13H,6-12,14,23H2,1H3. The van der Waals surface area contributed by atoms with Gasteiger partial charge in [-0.05, 0) is 74.2 Å². The second-order valence-electron chi connectivity index (χ2n) is 17.2. The molecule has 0 amide bonds. The van der Waals surface area contributed by atoms with Crippen molar-refractivity contribution in [2.24, 2.45) is 32.3 Å². The fraction of sp³-hybridized carbons (Fsp3) is 0.477. The summed E-state index contributed by atoms with van der Waals surface area (Å²) in [6.07, 6.45) is 8.81. The molecule has 8 heterocycles. The van der Waals surface area contributed by atoms with Gasteiger partial charge < -0.3 is 36.2 Å². The van der Waals surface area contributed by atoms with Gasteiger partial charge in [0.25, 0.3) is 0 Å². The zero-order valence-electron chi connectivity index (χ0n) is 33.6. The van der Waals surface area contributed by atoms with E-state index in [9.17, 15) is 9.90 Å². The molecular weight excluding hydrogens is 729 g/mol. The Hall–Kier alpha value is -5.31. The number of carbonyl (C=O) groups is 1. The molecule has 4 aromatic rings. The molecule has 0 aliphatic carbocycles. The first-order valence-corrected chi connectivity index (χ1v) is 20.8. The Morgan fingerprint density at radius 1 is 0.690 bits per heavy atom.